The molecule has 3 aliphatic rings. The first-order valence-electron chi connectivity index (χ1n) is 6.80. The number of rotatable bonds is 0. The van der Waals surface area contributed by atoms with Crippen LogP contribution in [0.15, 0.2) is 0 Å². The van der Waals surface area contributed by atoms with Gasteiger partial charge in [-0.1, -0.05) is 19.3 Å². The molecule has 1 unspecified atom stereocenters. The van der Waals surface area contributed by atoms with Gasteiger partial charge in [-0.05, 0) is 19.9 Å². The summed E-state index contributed by atoms with van der Waals surface area (Å²) in [5, 5.41) is 3.72. The van der Waals surface area contributed by atoms with Crippen LogP contribution in [0.5, 0.6) is 0 Å². The van der Waals surface area contributed by atoms with Gasteiger partial charge >= 0.3 is 0 Å². The maximum Gasteiger partial charge on any atom is 0.133 e. The molecular weight excluding hydrogens is 200 g/mol. The van der Waals surface area contributed by atoms with Gasteiger partial charge in [0, 0.05) is 31.5 Å². The highest BCUT2D eigenvalue weighted by molar-refractivity contribution is 4.97. The van der Waals surface area contributed by atoms with Gasteiger partial charge in [-0.25, -0.2) is 0 Å². The first-order chi connectivity index (χ1) is 7.72. The molecule has 3 fully saturated rings. The van der Waals surface area contributed by atoms with E-state index < -0.39 is 0 Å². The van der Waals surface area contributed by atoms with Crippen molar-refractivity contribution in [3.63, 3.8) is 0 Å². The van der Waals surface area contributed by atoms with E-state index in [0.717, 1.165) is 19.6 Å². The summed E-state index contributed by atoms with van der Waals surface area (Å²) in [7, 11) is 2.19. The molecular formula is C13H24N2O. The van der Waals surface area contributed by atoms with Crippen LogP contribution in [-0.2, 0) is 4.74 Å². The second-order valence-corrected chi connectivity index (χ2v) is 6.18. The molecule has 0 aromatic rings. The van der Waals surface area contributed by atoms with Crippen LogP contribution in [0.3, 0.4) is 0 Å². The van der Waals surface area contributed by atoms with Crippen molar-refractivity contribution in [3.8, 4) is 0 Å². The molecule has 1 saturated carbocycles. The van der Waals surface area contributed by atoms with Gasteiger partial charge in [0.2, 0.25) is 0 Å². The first kappa shape index (κ1) is 11.0. The molecule has 2 aliphatic heterocycles. The minimum atomic E-state index is -0.00253. The Morgan fingerprint density at radius 3 is 2.50 bits per heavy atom. The Labute approximate surface area is 98.5 Å². The quantitative estimate of drug-likeness (QED) is 0.676. The van der Waals surface area contributed by atoms with E-state index >= 15 is 0 Å². The predicted molar refractivity (Wildman–Crippen MR) is 64.3 cm³/mol. The molecule has 2 spiro atoms. The summed E-state index contributed by atoms with van der Waals surface area (Å²) in [6.07, 6.45) is 8.11. The lowest BCUT2D eigenvalue weighted by Gasteiger charge is -2.47. The monoisotopic (exact) mass is 224 g/mol. The summed E-state index contributed by atoms with van der Waals surface area (Å²) in [5.41, 5.74) is 0.474. The number of ether oxygens (including phenoxy) is 1. The van der Waals surface area contributed by atoms with Crippen LogP contribution in [0.2, 0.25) is 0 Å². The molecule has 0 aromatic heterocycles. The standard InChI is InChI=1S/C13H24N2O/c1-15-8-7-13(10-15)14-9-12(11-16-13)5-3-2-4-6-12/h14H,2-11H2,1H3. The Morgan fingerprint density at radius 2 is 1.94 bits per heavy atom. The van der Waals surface area contributed by atoms with Crippen LogP contribution >= 0.6 is 0 Å². The average molecular weight is 224 g/mol. The van der Waals surface area contributed by atoms with Crippen LogP contribution < -0.4 is 5.32 Å². The summed E-state index contributed by atoms with van der Waals surface area (Å²) >= 11 is 0. The zero-order valence-corrected chi connectivity index (χ0v) is 10.4. The smallest absolute Gasteiger partial charge is 0.133 e. The fraction of sp³-hybridized carbons (Fsp3) is 1.00. The van der Waals surface area contributed by atoms with Crippen LogP contribution in [0.1, 0.15) is 38.5 Å². The van der Waals surface area contributed by atoms with Crippen LogP contribution in [0.25, 0.3) is 0 Å². The van der Waals surface area contributed by atoms with Crippen molar-refractivity contribution in [1.82, 2.24) is 10.2 Å². The highest BCUT2D eigenvalue weighted by atomic mass is 16.5. The van der Waals surface area contributed by atoms with Gasteiger partial charge in [0.15, 0.2) is 0 Å². The fourth-order valence-corrected chi connectivity index (χ4v) is 3.59. The fourth-order valence-electron chi connectivity index (χ4n) is 3.59. The Kier molecular flexibility index (Phi) is 2.73. The van der Waals surface area contributed by atoms with E-state index in [4.69, 9.17) is 4.74 Å². The molecule has 3 rings (SSSR count). The summed E-state index contributed by atoms with van der Waals surface area (Å²) in [4.78, 5) is 2.37. The van der Waals surface area contributed by atoms with Gasteiger partial charge in [-0.15, -0.1) is 0 Å². The van der Waals surface area contributed by atoms with E-state index in [1.54, 1.807) is 0 Å². The SMILES string of the molecule is CN1CCC2(C1)NCC1(CCCCC1)CO2. The highest BCUT2D eigenvalue weighted by Crippen LogP contribution is 2.40. The normalized spacial score (nSPS) is 39.6. The van der Waals surface area contributed by atoms with E-state index in [0.29, 0.717) is 5.41 Å². The molecule has 1 atom stereocenters. The van der Waals surface area contributed by atoms with Crippen LogP contribution in [0.4, 0.5) is 0 Å². The molecule has 1 aliphatic carbocycles. The van der Waals surface area contributed by atoms with Gasteiger partial charge in [0.1, 0.15) is 5.72 Å². The minimum absolute atomic E-state index is 0.00253. The molecule has 2 saturated heterocycles. The van der Waals surface area contributed by atoms with Crippen LogP contribution in [-0.4, -0.2) is 43.9 Å². The Morgan fingerprint density at radius 1 is 1.12 bits per heavy atom. The molecule has 0 aromatic carbocycles. The van der Waals surface area contributed by atoms with Crippen LogP contribution in [0, 0.1) is 5.41 Å². The number of hydrogen-bond donors (Lipinski definition) is 1. The van der Waals surface area contributed by atoms with Gasteiger partial charge in [-0.3, -0.25) is 5.32 Å². The largest absolute Gasteiger partial charge is 0.359 e. The molecule has 0 radical (unpaired) electrons. The molecule has 1 N–H and O–H groups in total. The zero-order valence-electron chi connectivity index (χ0n) is 10.4. The maximum atomic E-state index is 6.24. The third kappa shape index (κ3) is 1.89. The van der Waals surface area contributed by atoms with E-state index in [9.17, 15) is 0 Å². The third-order valence-electron chi connectivity index (χ3n) is 4.78. The lowest BCUT2D eigenvalue weighted by Crippen LogP contribution is -2.60. The second-order valence-electron chi connectivity index (χ2n) is 6.18. The Bertz CT molecular complexity index is 239. The van der Waals surface area contributed by atoms with E-state index in [1.807, 2.05) is 0 Å². The molecule has 16 heavy (non-hydrogen) atoms. The van der Waals surface area contributed by atoms with Crippen molar-refractivity contribution in [3.05, 3.63) is 0 Å². The Balaban J connectivity index is 1.63. The number of nitrogens with one attached hydrogen (secondary N) is 1. The minimum Gasteiger partial charge on any atom is -0.359 e. The predicted octanol–water partition coefficient (Wildman–Crippen LogP) is 1.59. The van der Waals surface area contributed by atoms with Gasteiger partial charge in [0.25, 0.3) is 0 Å². The van der Waals surface area contributed by atoms with Crippen molar-refractivity contribution in [2.75, 3.05) is 33.3 Å². The maximum absolute atomic E-state index is 6.24. The number of hydrogen-bond acceptors (Lipinski definition) is 3. The molecule has 3 heteroatoms. The second kappa shape index (κ2) is 3.97. The number of likely N-dealkylation sites (N-methyl/N-ethyl adjacent to an activating group) is 1. The topological polar surface area (TPSA) is 24.5 Å². The molecule has 2 heterocycles. The van der Waals surface area contributed by atoms with Crippen molar-refractivity contribution in [1.29, 1.82) is 0 Å². The molecule has 0 bridgehead atoms. The van der Waals surface area contributed by atoms with Crippen molar-refractivity contribution < 1.29 is 4.74 Å². The summed E-state index contributed by atoms with van der Waals surface area (Å²) in [6, 6.07) is 0. The van der Waals surface area contributed by atoms with Crippen molar-refractivity contribution in [2.45, 2.75) is 44.2 Å². The first-order valence-corrected chi connectivity index (χ1v) is 6.80. The Hall–Kier alpha value is -0.120. The third-order valence-corrected chi connectivity index (χ3v) is 4.78. The van der Waals surface area contributed by atoms with Gasteiger partial charge < -0.3 is 9.64 Å². The zero-order chi connectivity index (χ0) is 11.1. The lowest BCUT2D eigenvalue weighted by atomic mass is 9.73. The van der Waals surface area contributed by atoms with Crippen molar-refractivity contribution in [2.24, 2.45) is 5.41 Å². The molecule has 92 valence electrons. The van der Waals surface area contributed by atoms with E-state index in [1.165, 1.54) is 45.2 Å². The van der Waals surface area contributed by atoms with Gasteiger partial charge in [-0.2, -0.15) is 0 Å². The lowest BCUT2D eigenvalue weighted by molar-refractivity contribution is -0.145. The number of nitrogens with zero attached hydrogens (tertiary/aromatic N) is 1. The summed E-state index contributed by atoms with van der Waals surface area (Å²) in [5.74, 6) is 0. The summed E-state index contributed by atoms with van der Waals surface area (Å²) < 4.78 is 6.24. The van der Waals surface area contributed by atoms with E-state index in [2.05, 4.69) is 17.3 Å². The molecule has 0 amide bonds. The average Bonchev–Trinajstić information content (AvgIpc) is 2.67. The van der Waals surface area contributed by atoms with Crippen molar-refractivity contribution >= 4 is 0 Å². The van der Waals surface area contributed by atoms with E-state index in [-0.39, 0.29) is 5.72 Å². The highest BCUT2D eigenvalue weighted by Gasteiger charge is 2.46. The molecule has 3 nitrogen and oxygen atoms in total. The van der Waals surface area contributed by atoms with Gasteiger partial charge in [0.05, 0.1) is 6.61 Å². The number of likely N-dealkylation sites (tertiary alicyclic amines) is 1. The summed E-state index contributed by atoms with van der Waals surface area (Å²) in [6.45, 7) is 4.40.